The Morgan fingerprint density at radius 1 is 1.14 bits per heavy atom. The minimum atomic E-state index is -0.514. The Balaban J connectivity index is 1.25. The zero-order chi connectivity index (χ0) is 25.6. The second-order valence-electron chi connectivity index (χ2n) is 13.0. The number of methoxy groups -OCH3 is 2. The van der Waals surface area contributed by atoms with Crippen molar-refractivity contribution in [1.29, 1.82) is 0 Å². The number of rotatable bonds is 5. The molecule has 4 aliphatic carbocycles. The van der Waals surface area contributed by atoms with Gasteiger partial charge >= 0.3 is 5.97 Å². The summed E-state index contributed by atoms with van der Waals surface area (Å²) in [6.45, 7) is 9.33. The van der Waals surface area contributed by atoms with E-state index in [0.29, 0.717) is 41.8 Å². The number of cyclic esters (lactones) is 1. The number of ether oxygens (including phenoxy) is 4. The van der Waals surface area contributed by atoms with Crippen molar-refractivity contribution in [1.82, 2.24) is 0 Å². The number of fused-ring (bicyclic) bond motifs is 4. The van der Waals surface area contributed by atoms with Crippen LogP contribution in [0.2, 0.25) is 0 Å². The van der Waals surface area contributed by atoms with Crippen molar-refractivity contribution in [3.8, 4) is 0 Å². The molecule has 0 bridgehead atoms. The van der Waals surface area contributed by atoms with Gasteiger partial charge < -0.3 is 18.9 Å². The fourth-order valence-electron chi connectivity index (χ4n) is 10.0. The van der Waals surface area contributed by atoms with Gasteiger partial charge in [0.25, 0.3) is 0 Å². The van der Waals surface area contributed by atoms with E-state index in [4.69, 9.17) is 18.9 Å². The first-order chi connectivity index (χ1) is 17.1. The summed E-state index contributed by atoms with van der Waals surface area (Å²) in [6.07, 6.45) is 9.91. The summed E-state index contributed by atoms with van der Waals surface area (Å²) in [5.74, 6) is 2.21. The van der Waals surface area contributed by atoms with Gasteiger partial charge in [-0.15, -0.1) is 0 Å². The number of carbonyl (C=O) groups is 2. The highest BCUT2D eigenvalue weighted by atomic mass is 16.6. The van der Waals surface area contributed by atoms with E-state index in [9.17, 15) is 9.59 Å². The van der Waals surface area contributed by atoms with Gasteiger partial charge in [0.1, 0.15) is 17.8 Å². The zero-order valence-electron chi connectivity index (χ0n) is 22.7. The van der Waals surface area contributed by atoms with Gasteiger partial charge in [0, 0.05) is 20.6 Å². The molecule has 11 atom stereocenters. The highest BCUT2D eigenvalue weighted by Gasteiger charge is 2.80. The summed E-state index contributed by atoms with van der Waals surface area (Å²) in [5, 5.41) is 0. The maximum Gasteiger partial charge on any atom is 0.336 e. The Kier molecular flexibility index (Phi) is 5.69. The van der Waals surface area contributed by atoms with Crippen molar-refractivity contribution < 1.29 is 28.5 Å². The van der Waals surface area contributed by atoms with Crippen LogP contribution in [-0.2, 0) is 28.5 Å². The largest absolute Gasteiger partial charge is 0.458 e. The smallest absolute Gasteiger partial charge is 0.336 e. The van der Waals surface area contributed by atoms with E-state index in [1.807, 2.05) is 13.0 Å². The van der Waals surface area contributed by atoms with E-state index in [1.54, 1.807) is 20.3 Å². The molecule has 0 amide bonds. The summed E-state index contributed by atoms with van der Waals surface area (Å²) in [7, 11) is 3.35. The normalized spacial score (nSPS) is 50.1. The minimum Gasteiger partial charge on any atom is -0.458 e. The average molecular weight is 499 g/mol. The number of carbonyl (C=O) groups excluding carboxylic acids is 2. The molecule has 0 aromatic rings. The quantitative estimate of drug-likeness (QED) is 0.405. The first-order valence-electron chi connectivity index (χ1n) is 13.9. The molecule has 6 aliphatic rings. The lowest BCUT2D eigenvalue weighted by atomic mass is 9.44. The summed E-state index contributed by atoms with van der Waals surface area (Å²) in [5.41, 5.74) is 0.984. The lowest BCUT2D eigenvalue weighted by Crippen LogP contribution is -2.63. The number of hydrogen-bond donors (Lipinski definition) is 0. The van der Waals surface area contributed by atoms with E-state index in [1.165, 1.54) is 6.42 Å². The molecule has 6 rings (SSSR count). The van der Waals surface area contributed by atoms with Crippen LogP contribution in [0.5, 0.6) is 0 Å². The van der Waals surface area contributed by atoms with Crippen LogP contribution in [0.1, 0.15) is 66.2 Å². The van der Waals surface area contributed by atoms with Crippen LogP contribution >= 0.6 is 0 Å². The van der Waals surface area contributed by atoms with E-state index in [-0.39, 0.29) is 35.5 Å². The predicted octanol–water partition coefficient (Wildman–Crippen LogP) is 4.66. The van der Waals surface area contributed by atoms with Crippen molar-refractivity contribution in [2.75, 3.05) is 20.8 Å². The standard InChI is InChI=1S/C30H42O6/c1-16-13-23(35-27(32)19(16)15-33-5)17(2)20-7-8-21-18-14-26-30(36-26)25(34-6)10-9-24(31)29(30,4)22(18)11-12-28(20,21)3/h9-10,17-18,20-23,25-26H,7-8,11-15H2,1-6H3/t17-,18-,20+,21-,22-,23+,25-,26+,28+,29-,30+/m0/s1. The summed E-state index contributed by atoms with van der Waals surface area (Å²) in [6, 6.07) is 0. The summed E-state index contributed by atoms with van der Waals surface area (Å²) < 4.78 is 23.6. The Labute approximate surface area is 215 Å². The summed E-state index contributed by atoms with van der Waals surface area (Å²) >= 11 is 0. The molecule has 0 aromatic carbocycles. The number of allylic oxidation sites excluding steroid dienone is 1. The van der Waals surface area contributed by atoms with Crippen LogP contribution in [0.25, 0.3) is 0 Å². The van der Waals surface area contributed by atoms with Gasteiger partial charge in [-0.2, -0.15) is 0 Å². The van der Waals surface area contributed by atoms with Crippen LogP contribution < -0.4 is 0 Å². The minimum absolute atomic E-state index is 0.0767. The fourth-order valence-corrected chi connectivity index (χ4v) is 10.0. The van der Waals surface area contributed by atoms with Crippen LogP contribution in [0.15, 0.2) is 23.3 Å². The molecule has 3 saturated carbocycles. The number of esters is 1. The monoisotopic (exact) mass is 498 g/mol. The molecule has 6 heteroatoms. The molecule has 0 N–H and O–H groups in total. The number of epoxide rings is 1. The molecule has 2 heterocycles. The predicted molar refractivity (Wildman–Crippen MR) is 134 cm³/mol. The molecule has 4 fully saturated rings. The van der Waals surface area contributed by atoms with E-state index in [2.05, 4.69) is 20.8 Å². The van der Waals surface area contributed by atoms with Gasteiger partial charge in [0.05, 0.1) is 23.7 Å². The van der Waals surface area contributed by atoms with Crippen molar-refractivity contribution in [3.05, 3.63) is 23.3 Å². The second kappa shape index (κ2) is 8.25. The van der Waals surface area contributed by atoms with Crippen molar-refractivity contribution >= 4 is 11.8 Å². The van der Waals surface area contributed by atoms with Crippen LogP contribution in [0, 0.1) is 40.4 Å². The average Bonchev–Trinajstić information content (AvgIpc) is 3.46. The van der Waals surface area contributed by atoms with Crippen LogP contribution in [0.4, 0.5) is 0 Å². The zero-order valence-corrected chi connectivity index (χ0v) is 22.7. The van der Waals surface area contributed by atoms with Gasteiger partial charge in [-0.25, -0.2) is 4.79 Å². The number of ketones is 1. The van der Waals surface area contributed by atoms with Gasteiger partial charge in [0.2, 0.25) is 0 Å². The molecular formula is C30H42O6. The SMILES string of the molecule is COCC1=C(C)C[C@H]([C@@H](C)[C@H]2CC[C@H]3[C@@H]4C[C@H]5O[C@]56[C@@H](OC)C=CC(=O)[C@]6(C)[C@H]4CC[C@]23C)OC1=O. The molecule has 0 radical (unpaired) electrons. The second-order valence-corrected chi connectivity index (χ2v) is 13.0. The molecule has 6 nitrogen and oxygen atoms in total. The van der Waals surface area contributed by atoms with E-state index in [0.717, 1.165) is 37.7 Å². The molecule has 1 saturated heterocycles. The molecule has 1 spiro atoms. The molecular weight excluding hydrogens is 456 g/mol. The van der Waals surface area contributed by atoms with Gasteiger partial charge in [-0.1, -0.05) is 19.4 Å². The first-order valence-corrected chi connectivity index (χ1v) is 13.9. The van der Waals surface area contributed by atoms with Gasteiger partial charge in [0.15, 0.2) is 5.78 Å². The number of hydrogen-bond acceptors (Lipinski definition) is 6. The van der Waals surface area contributed by atoms with Gasteiger partial charge in [-0.05, 0) is 93.1 Å². The van der Waals surface area contributed by atoms with Crippen LogP contribution in [0.3, 0.4) is 0 Å². The Hall–Kier alpha value is -1.50. The molecule has 36 heavy (non-hydrogen) atoms. The Bertz CT molecular complexity index is 1030. The maximum absolute atomic E-state index is 13.5. The fraction of sp³-hybridized carbons (Fsp3) is 0.800. The highest BCUT2D eigenvalue weighted by molar-refractivity contribution is 5.98. The third-order valence-electron chi connectivity index (χ3n) is 12.0. The van der Waals surface area contributed by atoms with Crippen molar-refractivity contribution in [2.45, 2.75) is 90.1 Å². The Morgan fingerprint density at radius 2 is 1.92 bits per heavy atom. The lowest BCUT2D eigenvalue weighted by molar-refractivity contribution is -0.156. The lowest BCUT2D eigenvalue weighted by Gasteiger charge is -2.58. The Morgan fingerprint density at radius 3 is 2.61 bits per heavy atom. The molecule has 0 unspecified atom stereocenters. The maximum atomic E-state index is 13.5. The topological polar surface area (TPSA) is 74.4 Å². The van der Waals surface area contributed by atoms with Crippen molar-refractivity contribution in [2.24, 2.45) is 40.4 Å². The summed E-state index contributed by atoms with van der Waals surface area (Å²) in [4.78, 5) is 26.2. The third-order valence-corrected chi connectivity index (χ3v) is 12.0. The van der Waals surface area contributed by atoms with E-state index >= 15 is 0 Å². The molecule has 198 valence electrons. The third kappa shape index (κ3) is 3.01. The molecule has 2 aliphatic heterocycles. The van der Waals surface area contributed by atoms with Crippen LogP contribution in [-0.4, -0.2) is 56.5 Å². The van der Waals surface area contributed by atoms with Crippen molar-refractivity contribution in [3.63, 3.8) is 0 Å². The van der Waals surface area contributed by atoms with E-state index < -0.39 is 11.0 Å². The molecule has 0 aromatic heterocycles. The highest BCUT2D eigenvalue weighted by Crippen LogP contribution is 2.73. The first kappa shape index (κ1) is 24.8. The van der Waals surface area contributed by atoms with Gasteiger partial charge in [-0.3, -0.25) is 4.79 Å².